The van der Waals surface area contributed by atoms with Crippen molar-refractivity contribution in [2.75, 3.05) is 13.6 Å². The maximum Gasteiger partial charge on any atom is 0.406 e. The fraction of sp³-hybridized carbons (Fsp3) is 0.300. The minimum Gasteiger partial charge on any atom is -0.333 e. The van der Waals surface area contributed by atoms with E-state index in [0.29, 0.717) is 0 Å². The molecule has 0 saturated carbocycles. The largest absolute Gasteiger partial charge is 0.406 e. The molecule has 118 valence electrons. The second-order valence-corrected chi connectivity index (χ2v) is 6.51. The third-order valence-corrected chi connectivity index (χ3v) is 3.64. The van der Waals surface area contributed by atoms with Crippen LogP contribution in [0.25, 0.3) is 0 Å². The predicted octanol–water partition coefficient (Wildman–Crippen LogP) is 2.53. The second kappa shape index (κ2) is 5.76. The number of alkyl halides is 3. The summed E-state index contributed by atoms with van der Waals surface area (Å²) in [6.07, 6.45) is -4.75. The zero-order valence-electron chi connectivity index (χ0n) is 10.2. The predicted molar refractivity (Wildman–Crippen MR) is 62.4 cm³/mol. The van der Waals surface area contributed by atoms with Crippen LogP contribution < -0.4 is 0 Å². The summed E-state index contributed by atoms with van der Waals surface area (Å²) in [4.78, 5) is 10.8. The molecule has 0 unspecified atom stereocenters. The first kappa shape index (κ1) is 17.6. The molecule has 1 aromatic rings. The number of amides is 1. The van der Waals surface area contributed by atoms with Crippen molar-refractivity contribution in [2.24, 2.45) is 0 Å². The van der Waals surface area contributed by atoms with Gasteiger partial charge in [-0.25, -0.2) is 17.2 Å². The monoisotopic (exact) mass is 351 g/mol. The third-order valence-electron chi connectivity index (χ3n) is 2.28. The first-order valence-corrected chi connectivity index (χ1v) is 7.40. The van der Waals surface area contributed by atoms with Gasteiger partial charge in [0.05, 0.1) is 10.5 Å². The quantitative estimate of drug-likeness (QED) is 0.621. The molecule has 0 N–H and O–H groups in total. The van der Waals surface area contributed by atoms with E-state index in [2.05, 4.69) is 0 Å². The van der Waals surface area contributed by atoms with Crippen LogP contribution in [0.4, 0.5) is 22.0 Å². The molecular formula is C10H7ClF5NO3S. The molecule has 0 aromatic heterocycles. The van der Waals surface area contributed by atoms with E-state index < -0.39 is 49.8 Å². The van der Waals surface area contributed by atoms with Crippen LogP contribution >= 0.6 is 10.7 Å². The number of halogens is 6. The molecule has 0 bridgehead atoms. The minimum absolute atomic E-state index is 0.109. The fourth-order valence-electron chi connectivity index (χ4n) is 1.44. The van der Waals surface area contributed by atoms with Crippen LogP contribution in [0.1, 0.15) is 10.4 Å². The zero-order chi connectivity index (χ0) is 16.6. The Morgan fingerprint density at radius 1 is 1.24 bits per heavy atom. The number of benzene rings is 1. The highest BCUT2D eigenvalue weighted by Gasteiger charge is 2.33. The van der Waals surface area contributed by atoms with Crippen molar-refractivity contribution in [1.82, 2.24) is 4.90 Å². The highest BCUT2D eigenvalue weighted by molar-refractivity contribution is 8.13. The lowest BCUT2D eigenvalue weighted by Crippen LogP contribution is -2.36. The van der Waals surface area contributed by atoms with Crippen molar-refractivity contribution >= 4 is 25.6 Å². The zero-order valence-corrected chi connectivity index (χ0v) is 11.8. The van der Waals surface area contributed by atoms with Gasteiger partial charge in [-0.3, -0.25) is 4.79 Å². The average Bonchev–Trinajstić information content (AvgIpc) is 2.27. The summed E-state index contributed by atoms with van der Waals surface area (Å²) in [5.41, 5.74) is -0.990. The molecule has 11 heteroatoms. The highest BCUT2D eigenvalue weighted by atomic mass is 35.7. The van der Waals surface area contributed by atoms with Crippen LogP contribution in [-0.4, -0.2) is 39.0 Å². The third kappa shape index (κ3) is 4.53. The van der Waals surface area contributed by atoms with Gasteiger partial charge in [-0.1, -0.05) is 0 Å². The van der Waals surface area contributed by atoms with Gasteiger partial charge in [-0.2, -0.15) is 13.2 Å². The molecule has 1 amide bonds. The van der Waals surface area contributed by atoms with Crippen LogP contribution in [0.5, 0.6) is 0 Å². The minimum atomic E-state index is -4.75. The van der Waals surface area contributed by atoms with E-state index in [1.807, 2.05) is 0 Å². The Balaban J connectivity index is 3.36. The van der Waals surface area contributed by atoms with E-state index in [1.165, 1.54) is 0 Å². The molecule has 0 fully saturated rings. The normalized spacial score (nSPS) is 12.3. The van der Waals surface area contributed by atoms with Crippen LogP contribution in [0.3, 0.4) is 0 Å². The van der Waals surface area contributed by atoms with Gasteiger partial charge in [0, 0.05) is 17.7 Å². The molecule has 0 aliphatic carbocycles. The van der Waals surface area contributed by atoms with Gasteiger partial charge >= 0.3 is 6.18 Å². The van der Waals surface area contributed by atoms with Crippen molar-refractivity contribution in [2.45, 2.75) is 11.1 Å². The molecule has 0 aliphatic heterocycles. The summed E-state index contributed by atoms with van der Waals surface area (Å²) < 4.78 is 85.1. The summed E-state index contributed by atoms with van der Waals surface area (Å²) in [7, 11) is 1.03. The maximum absolute atomic E-state index is 13.1. The summed E-state index contributed by atoms with van der Waals surface area (Å²) in [5, 5.41) is 0. The van der Waals surface area contributed by atoms with Gasteiger partial charge in [0.2, 0.25) is 0 Å². The van der Waals surface area contributed by atoms with E-state index >= 15 is 0 Å². The number of hydrogen-bond acceptors (Lipinski definition) is 3. The molecule has 1 aromatic carbocycles. The lowest BCUT2D eigenvalue weighted by Gasteiger charge is -2.20. The first-order valence-electron chi connectivity index (χ1n) is 5.09. The molecular weight excluding hydrogens is 345 g/mol. The summed E-state index contributed by atoms with van der Waals surface area (Å²) in [6.45, 7) is -1.70. The van der Waals surface area contributed by atoms with E-state index in [0.717, 1.165) is 7.05 Å². The second-order valence-electron chi connectivity index (χ2n) is 3.98. The van der Waals surface area contributed by atoms with Gasteiger partial charge in [0.15, 0.2) is 11.6 Å². The number of carbonyl (C=O) groups is 1. The Morgan fingerprint density at radius 3 is 2.14 bits per heavy atom. The van der Waals surface area contributed by atoms with Gasteiger partial charge in [0.25, 0.3) is 15.0 Å². The van der Waals surface area contributed by atoms with E-state index in [-0.39, 0.29) is 17.0 Å². The van der Waals surface area contributed by atoms with E-state index in [4.69, 9.17) is 10.7 Å². The first-order chi connectivity index (χ1) is 9.33. The summed E-state index contributed by atoms with van der Waals surface area (Å²) in [5.74, 6) is -4.67. The van der Waals surface area contributed by atoms with Crippen molar-refractivity contribution in [1.29, 1.82) is 0 Å². The van der Waals surface area contributed by atoms with E-state index in [9.17, 15) is 35.2 Å². The Kier molecular flexibility index (Phi) is 4.83. The Morgan fingerprint density at radius 2 is 1.71 bits per heavy atom. The molecule has 0 aliphatic rings. The molecule has 0 heterocycles. The van der Waals surface area contributed by atoms with Crippen LogP contribution in [0, 0.1) is 11.6 Å². The van der Waals surface area contributed by atoms with Gasteiger partial charge in [-0.15, -0.1) is 0 Å². The Bertz CT molecular complexity index is 674. The standard InChI is InChI=1S/C10H7ClF5NO3S/c1-17(4-10(14,15)16)9(18)5-2-6(12)7(13)3-8(5)21(11,19)20/h2-3H,4H2,1H3. The van der Waals surface area contributed by atoms with Gasteiger partial charge in [0.1, 0.15) is 6.54 Å². The lowest BCUT2D eigenvalue weighted by atomic mass is 10.2. The fourth-order valence-corrected chi connectivity index (χ4v) is 2.48. The van der Waals surface area contributed by atoms with Crippen molar-refractivity contribution < 1.29 is 35.2 Å². The van der Waals surface area contributed by atoms with Crippen molar-refractivity contribution in [3.63, 3.8) is 0 Å². The summed E-state index contributed by atoms with van der Waals surface area (Å²) >= 11 is 0. The Hall–Kier alpha value is -1.42. The summed E-state index contributed by atoms with van der Waals surface area (Å²) in [6, 6.07) is 0.312. The number of nitrogens with zero attached hydrogens (tertiary/aromatic N) is 1. The van der Waals surface area contributed by atoms with Gasteiger partial charge in [-0.05, 0) is 12.1 Å². The number of carbonyl (C=O) groups excluding carboxylic acids is 1. The smallest absolute Gasteiger partial charge is 0.333 e. The van der Waals surface area contributed by atoms with E-state index in [1.54, 1.807) is 0 Å². The Labute approximate surface area is 120 Å². The van der Waals surface area contributed by atoms with Gasteiger partial charge < -0.3 is 4.90 Å². The maximum atomic E-state index is 13.1. The SMILES string of the molecule is CN(CC(F)(F)F)C(=O)c1cc(F)c(F)cc1S(=O)(=O)Cl. The van der Waals surface area contributed by atoms with Crippen LogP contribution in [0.2, 0.25) is 0 Å². The number of hydrogen-bond donors (Lipinski definition) is 0. The molecule has 0 atom stereocenters. The molecule has 1 rings (SSSR count). The topological polar surface area (TPSA) is 54.5 Å². The van der Waals surface area contributed by atoms with Crippen LogP contribution in [0.15, 0.2) is 17.0 Å². The lowest BCUT2D eigenvalue weighted by molar-refractivity contribution is -0.138. The molecule has 21 heavy (non-hydrogen) atoms. The molecule has 4 nitrogen and oxygen atoms in total. The van der Waals surface area contributed by atoms with Crippen molar-refractivity contribution in [3.8, 4) is 0 Å². The number of rotatable bonds is 3. The molecule has 0 radical (unpaired) electrons. The van der Waals surface area contributed by atoms with Crippen LogP contribution in [-0.2, 0) is 9.05 Å². The average molecular weight is 352 g/mol. The molecule has 0 spiro atoms. The molecule has 0 saturated heterocycles. The van der Waals surface area contributed by atoms with Crippen molar-refractivity contribution in [3.05, 3.63) is 29.3 Å². The highest BCUT2D eigenvalue weighted by Crippen LogP contribution is 2.25.